The van der Waals surface area contributed by atoms with Crippen LogP contribution in [0.1, 0.15) is 26.2 Å². The van der Waals surface area contributed by atoms with Gasteiger partial charge in [0, 0.05) is 6.04 Å². The molecule has 1 unspecified atom stereocenters. The van der Waals surface area contributed by atoms with Crippen LogP contribution in [0.2, 0.25) is 0 Å². The van der Waals surface area contributed by atoms with E-state index in [2.05, 4.69) is 5.32 Å². The van der Waals surface area contributed by atoms with E-state index in [0.717, 1.165) is 19.4 Å². The predicted octanol–water partition coefficient (Wildman–Crippen LogP) is -0.863. The Hall–Kier alpha value is -0.660. The summed E-state index contributed by atoms with van der Waals surface area (Å²) in [6.45, 7) is 2.90. The van der Waals surface area contributed by atoms with Gasteiger partial charge in [0.25, 0.3) is 0 Å². The summed E-state index contributed by atoms with van der Waals surface area (Å²) in [6.07, 6.45) is 2.38. The van der Waals surface area contributed by atoms with Crippen LogP contribution in [0, 0.1) is 0 Å². The summed E-state index contributed by atoms with van der Waals surface area (Å²) < 4.78 is 23.0. The summed E-state index contributed by atoms with van der Waals surface area (Å²) in [5, 5.41) is 12.0. The number of hydrogen-bond donors (Lipinski definition) is 2. The van der Waals surface area contributed by atoms with Gasteiger partial charge in [-0.3, -0.25) is 9.69 Å². The zero-order valence-corrected chi connectivity index (χ0v) is 12.1. The molecule has 19 heavy (non-hydrogen) atoms. The number of likely N-dealkylation sites (tertiary alicyclic amines) is 1. The van der Waals surface area contributed by atoms with Crippen LogP contribution < -0.4 is 5.32 Å². The fourth-order valence-corrected chi connectivity index (χ4v) is 5.07. The standard InChI is InChI=1S/C12H22N2O4S/c1-12(4-6-19(17,18)9-12)13-11(16)7-14-5-2-3-10(14)8-15/h10,15H,2-9H2,1H3,(H,13,16)/t10-,12?/m1/s1. The number of nitrogens with one attached hydrogen (secondary N) is 1. The summed E-state index contributed by atoms with van der Waals surface area (Å²) in [5.41, 5.74) is -0.635. The number of rotatable bonds is 4. The SMILES string of the molecule is CC1(NC(=O)CN2CCC[C@@H]2CO)CCS(=O)(=O)C1. The van der Waals surface area contributed by atoms with Crippen molar-refractivity contribution in [3.8, 4) is 0 Å². The molecule has 110 valence electrons. The Balaban J connectivity index is 1.88. The fourth-order valence-electron chi connectivity index (χ4n) is 2.98. The number of nitrogens with zero attached hydrogens (tertiary/aromatic N) is 1. The van der Waals surface area contributed by atoms with Gasteiger partial charge in [-0.15, -0.1) is 0 Å². The molecule has 2 N–H and O–H groups in total. The molecule has 2 rings (SSSR count). The van der Waals surface area contributed by atoms with Crippen LogP contribution in [-0.4, -0.2) is 67.1 Å². The highest BCUT2D eigenvalue weighted by molar-refractivity contribution is 7.91. The number of sulfone groups is 1. The molecular weight excluding hydrogens is 268 g/mol. The molecule has 2 aliphatic heterocycles. The first-order chi connectivity index (χ1) is 8.84. The van der Waals surface area contributed by atoms with Crippen LogP contribution in [0.3, 0.4) is 0 Å². The minimum absolute atomic E-state index is 0.0230. The summed E-state index contributed by atoms with van der Waals surface area (Å²) in [7, 11) is -3.01. The van der Waals surface area contributed by atoms with Gasteiger partial charge in [-0.25, -0.2) is 8.42 Å². The Bertz CT molecular complexity index is 451. The third-order valence-corrected chi connectivity index (χ3v) is 5.90. The highest BCUT2D eigenvalue weighted by atomic mass is 32.2. The molecule has 0 saturated carbocycles. The highest BCUT2D eigenvalue weighted by Gasteiger charge is 2.39. The van der Waals surface area contributed by atoms with E-state index in [1.165, 1.54) is 0 Å². The molecule has 7 heteroatoms. The molecule has 2 saturated heterocycles. The molecule has 0 aromatic rings. The van der Waals surface area contributed by atoms with Gasteiger partial charge in [0.2, 0.25) is 5.91 Å². The summed E-state index contributed by atoms with van der Waals surface area (Å²) in [6, 6.07) is 0.0610. The molecule has 0 aliphatic carbocycles. The molecule has 0 aromatic heterocycles. The molecule has 2 aliphatic rings. The zero-order chi connectivity index (χ0) is 14.1. The monoisotopic (exact) mass is 290 g/mol. The van der Waals surface area contributed by atoms with Gasteiger partial charge in [-0.1, -0.05) is 0 Å². The minimum atomic E-state index is -3.01. The lowest BCUT2D eigenvalue weighted by atomic mass is 10.0. The van der Waals surface area contributed by atoms with Crippen LogP contribution in [-0.2, 0) is 14.6 Å². The number of carbonyl (C=O) groups is 1. The van der Waals surface area contributed by atoms with Crippen LogP contribution in [0.4, 0.5) is 0 Å². The van der Waals surface area contributed by atoms with E-state index < -0.39 is 15.4 Å². The molecule has 0 aromatic carbocycles. The Morgan fingerprint density at radius 1 is 1.53 bits per heavy atom. The van der Waals surface area contributed by atoms with E-state index in [-0.39, 0.29) is 36.6 Å². The first-order valence-electron chi connectivity index (χ1n) is 6.70. The molecule has 1 amide bonds. The first kappa shape index (κ1) is 14.7. The Morgan fingerprint density at radius 3 is 2.84 bits per heavy atom. The first-order valence-corrected chi connectivity index (χ1v) is 8.52. The Morgan fingerprint density at radius 2 is 2.26 bits per heavy atom. The second-order valence-corrected chi connectivity index (χ2v) is 8.08. The molecule has 2 fully saturated rings. The van der Waals surface area contributed by atoms with E-state index in [1.54, 1.807) is 6.92 Å². The smallest absolute Gasteiger partial charge is 0.234 e. The van der Waals surface area contributed by atoms with Crippen molar-refractivity contribution in [2.75, 3.05) is 31.2 Å². The number of aliphatic hydroxyl groups is 1. The van der Waals surface area contributed by atoms with Crippen LogP contribution in [0.5, 0.6) is 0 Å². The predicted molar refractivity (Wildman–Crippen MR) is 71.5 cm³/mol. The Labute approximate surface area is 114 Å². The quantitative estimate of drug-likeness (QED) is 0.703. The fraction of sp³-hybridized carbons (Fsp3) is 0.917. The molecule has 0 spiro atoms. The summed E-state index contributed by atoms with van der Waals surface area (Å²) >= 11 is 0. The van der Waals surface area contributed by atoms with Gasteiger partial charge in [0.05, 0.1) is 30.2 Å². The van der Waals surface area contributed by atoms with E-state index in [9.17, 15) is 18.3 Å². The van der Waals surface area contributed by atoms with Crippen molar-refractivity contribution in [1.82, 2.24) is 10.2 Å². The van der Waals surface area contributed by atoms with Gasteiger partial charge in [0.1, 0.15) is 0 Å². The number of carbonyl (C=O) groups excluding carboxylic acids is 1. The maximum absolute atomic E-state index is 12.0. The molecule has 2 atom stereocenters. The van der Waals surface area contributed by atoms with E-state index >= 15 is 0 Å². The third kappa shape index (κ3) is 3.67. The van der Waals surface area contributed by atoms with E-state index in [0.29, 0.717) is 6.42 Å². The van der Waals surface area contributed by atoms with Gasteiger partial charge in [-0.05, 0) is 32.7 Å². The Kier molecular flexibility index (Phi) is 4.17. The van der Waals surface area contributed by atoms with E-state index in [4.69, 9.17) is 0 Å². The van der Waals surface area contributed by atoms with Gasteiger partial charge < -0.3 is 10.4 Å². The lowest BCUT2D eigenvalue weighted by Gasteiger charge is -2.27. The van der Waals surface area contributed by atoms with Crippen LogP contribution >= 0.6 is 0 Å². The second kappa shape index (κ2) is 5.38. The minimum Gasteiger partial charge on any atom is -0.395 e. The average Bonchev–Trinajstić information content (AvgIpc) is 2.82. The number of amides is 1. The third-order valence-electron chi connectivity index (χ3n) is 4.00. The lowest BCUT2D eigenvalue weighted by molar-refractivity contribution is -0.124. The molecule has 6 nitrogen and oxygen atoms in total. The van der Waals surface area contributed by atoms with Crippen LogP contribution in [0.25, 0.3) is 0 Å². The average molecular weight is 290 g/mol. The van der Waals surface area contributed by atoms with Crippen LogP contribution in [0.15, 0.2) is 0 Å². The van der Waals surface area contributed by atoms with Gasteiger partial charge >= 0.3 is 0 Å². The normalized spacial score (nSPS) is 34.5. The van der Waals surface area contributed by atoms with Crippen molar-refractivity contribution < 1.29 is 18.3 Å². The van der Waals surface area contributed by atoms with Gasteiger partial charge in [-0.2, -0.15) is 0 Å². The molecular formula is C12H22N2O4S. The summed E-state index contributed by atoms with van der Waals surface area (Å²) in [5.74, 6) is 0.0158. The molecule has 0 bridgehead atoms. The van der Waals surface area contributed by atoms with Crippen molar-refractivity contribution in [3.63, 3.8) is 0 Å². The molecule has 2 heterocycles. The highest BCUT2D eigenvalue weighted by Crippen LogP contribution is 2.23. The maximum atomic E-state index is 12.0. The van der Waals surface area contributed by atoms with E-state index in [1.807, 2.05) is 4.90 Å². The largest absolute Gasteiger partial charge is 0.395 e. The zero-order valence-electron chi connectivity index (χ0n) is 11.3. The maximum Gasteiger partial charge on any atom is 0.234 e. The lowest BCUT2D eigenvalue weighted by Crippen LogP contribution is -2.51. The van der Waals surface area contributed by atoms with Crippen molar-refractivity contribution in [1.29, 1.82) is 0 Å². The molecule has 0 radical (unpaired) electrons. The summed E-state index contributed by atoms with van der Waals surface area (Å²) in [4.78, 5) is 14.0. The van der Waals surface area contributed by atoms with Crippen molar-refractivity contribution in [2.45, 2.75) is 37.8 Å². The topological polar surface area (TPSA) is 86.7 Å². The van der Waals surface area contributed by atoms with Crippen molar-refractivity contribution in [3.05, 3.63) is 0 Å². The van der Waals surface area contributed by atoms with Crippen molar-refractivity contribution >= 4 is 15.7 Å². The number of aliphatic hydroxyl groups excluding tert-OH is 1. The second-order valence-electron chi connectivity index (χ2n) is 5.90. The van der Waals surface area contributed by atoms with Crippen molar-refractivity contribution in [2.24, 2.45) is 0 Å². The van der Waals surface area contributed by atoms with Gasteiger partial charge in [0.15, 0.2) is 9.84 Å². The number of hydrogen-bond acceptors (Lipinski definition) is 5.